The third-order valence-electron chi connectivity index (χ3n) is 2.84. The number of hydrogen-bond donors (Lipinski definition) is 2. The maximum atomic E-state index is 5.64. The molecule has 0 aromatic carbocycles. The molecule has 0 saturated carbocycles. The number of anilines is 2. The van der Waals surface area contributed by atoms with Crippen molar-refractivity contribution in [2.24, 2.45) is 0 Å². The van der Waals surface area contributed by atoms with Crippen LogP contribution in [-0.2, 0) is 9.47 Å². The number of aromatic nitrogens is 1. The quantitative estimate of drug-likeness (QED) is 0.757. The fourth-order valence-corrected chi connectivity index (χ4v) is 1.90. The molecule has 0 aliphatic carbocycles. The smallest absolute Gasteiger partial charge is 0.157 e. The van der Waals surface area contributed by atoms with Crippen LogP contribution in [0.15, 0.2) is 18.2 Å². The predicted molar refractivity (Wildman–Crippen MR) is 71.3 cm³/mol. The Kier molecular flexibility index (Phi) is 5.23. The number of nitrogens with two attached hydrogens (primary N) is 1. The largest absolute Gasteiger partial charge is 0.384 e. The Morgan fingerprint density at radius 3 is 3.17 bits per heavy atom. The zero-order valence-electron chi connectivity index (χ0n) is 10.6. The molecule has 1 aromatic heterocycles. The summed E-state index contributed by atoms with van der Waals surface area (Å²) < 4.78 is 11.1. The van der Waals surface area contributed by atoms with Crippen LogP contribution in [0.25, 0.3) is 0 Å². The predicted octanol–water partition coefficient (Wildman–Crippen LogP) is 2.01. The van der Waals surface area contributed by atoms with Crippen molar-refractivity contribution < 1.29 is 9.47 Å². The lowest BCUT2D eigenvalue weighted by Crippen LogP contribution is -2.23. The number of nitrogens with zero attached hydrogens (tertiary/aromatic N) is 1. The summed E-state index contributed by atoms with van der Waals surface area (Å²) in [7, 11) is 0. The Morgan fingerprint density at radius 2 is 2.39 bits per heavy atom. The fraction of sp³-hybridized carbons (Fsp3) is 0.615. The lowest BCUT2D eigenvalue weighted by atomic mass is 10.2. The number of nitrogens with one attached hydrogen (secondary N) is 1. The minimum Gasteiger partial charge on any atom is -0.384 e. The van der Waals surface area contributed by atoms with Crippen LogP contribution in [-0.4, -0.2) is 31.0 Å². The average Bonchev–Trinajstić information content (AvgIpc) is 2.40. The van der Waals surface area contributed by atoms with Crippen LogP contribution in [0.2, 0.25) is 0 Å². The van der Waals surface area contributed by atoms with E-state index in [1.807, 2.05) is 12.1 Å². The topological polar surface area (TPSA) is 69.4 Å². The molecule has 0 bridgehead atoms. The van der Waals surface area contributed by atoms with Gasteiger partial charge in [-0.3, -0.25) is 0 Å². The van der Waals surface area contributed by atoms with E-state index in [0.717, 1.165) is 38.2 Å². The summed E-state index contributed by atoms with van der Waals surface area (Å²) in [4.78, 5) is 4.16. The highest BCUT2D eigenvalue weighted by molar-refractivity contribution is 5.41. The van der Waals surface area contributed by atoms with E-state index in [1.54, 1.807) is 6.07 Å². The van der Waals surface area contributed by atoms with E-state index in [0.29, 0.717) is 12.4 Å². The molecule has 3 N–H and O–H groups in total. The number of nitrogen functional groups attached to an aromatic ring is 1. The van der Waals surface area contributed by atoms with Crippen LogP contribution in [0.3, 0.4) is 0 Å². The minimum absolute atomic E-state index is 0.00393. The highest BCUT2D eigenvalue weighted by atomic mass is 16.7. The number of rotatable bonds is 6. The summed E-state index contributed by atoms with van der Waals surface area (Å²) in [5.74, 6) is 1.34. The summed E-state index contributed by atoms with van der Waals surface area (Å²) in [6.45, 7) is 2.36. The molecule has 0 radical (unpaired) electrons. The molecule has 1 aromatic rings. The highest BCUT2D eigenvalue weighted by Crippen LogP contribution is 2.13. The summed E-state index contributed by atoms with van der Waals surface area (Å²) >= 11 is 0. The van der Waals surface area contributed by atoms with Crippen molar-refractivity contribution in [1.82, 2.24) is 4.98 Å². The molecule has 2 rings (SSSR count). The van der Waals surface area contributed by atoms with E-state index in [4.69, 9.17) is 15.2 Å². The van der Waals surface area contributed by atoms with Gasteiger partial charge < -0.3 is 20.5 Å². The molecule has 1 aliphatic rings. The Hall–Kier alpha value is -1.33. The highest BCUT2D eigenvalue weighted by Gasteiger charge is 2.13. The second-order valence-corrected chi connectivity index (χ2v) is 4.39. The molecular formula is C13H21N3O2. The van der Waals surface area contributed by atoms with Gasteiger partial charge in [0.15, 0.2) is 6.29 Å². The Balaban J connectivity index is 1.55. The first-order chi connectivity index (χ1) is 8.84. The van der Waals surface area contributed by atoms with Crippen molar-refractivity contribution in [3.8, 4) is 0 Å². The Bertz CT molecular complexity index is 354. The normalized spacial score (nSPS) is 19.7. The molecule has 100 valence electrons. The fourth-order valence-electron chi connectivity index (χ4n) is 1.90. The number of hydrogen-bond acceptors (Lipinski definition) is 5. The Labute approximate surface area is 108 Å². The second kappa shape index (κ2) is 7.18. The summed E-state index contributed by atoms with van der Waals surface area (Å²) in [6, 6.07) is 5.56. The van der Waals surface area contributed by atoms with E-state index >= 15 is 0 Å². The molecular weight excluding hydrogens is 230 g/mol. The van der Waals surface area contributed by atoms with Crippen molar-refractivity contribution in [3.05, 3.63) is 18.2 Å². The van der Waals surface area contributed by atoms with Gasteiger partial charge in [0.2, 0.25) is 0 Å². The first-order valence-electron chi connectivity index (χ1n) is 6.54. The van der Waals surface area contributed by atoms with E-state index in [-0.39, 0.29) is 6.29 Å². The third-order valence-corrected chi connectivity index (χ3v) is 2.84. The molecule has 0 spiro atoms. The maximum Gasteiger partial charge on any atom is 0.157 e. The standard InChI is InChI=1S/C13H21N3O2/c14-11-5-3-6-12(16-11)15-8-4-10-18-13-7-1-2-9-17-13/h3,5-6,13H,1-2,4,7-10H2,(H3,14,15,16). The first kappa shape index (κ1) is 13.1. The zero-order valence-corrected chi connectivity index (χ0v) is 10.6. The van der Waals surface area contributed by atoms with Gasteiger partial charge in [0.25, 0.3) is 0 Å². The van der Waals surface area contributed by atoms with Crippen LogP contribution in [0.5, 0.6) is 0 Å². The molecule has 5 nitrogen and oxygen atoms in total. The lowest BCUT2D eigenvalue weighted by Gasteiger charge is -2.22. The molecule has 5 heteroatoms. The summed E-state index contributed by atoms with van der Waals surface area (Å²) in [5, 5.41) is 3.21. The van der Waals surface area contributed by atoms with E-state index in [1.165, 1.54) is 6.42 Å². The monoisotopic (exact) mass is 251 g/mol. The van der Waals surface area contributed by atoms with Crippen LogP contribution in [0.4, 0.5) is 11.6 Å². The van der Waals surface area contributed by atoms with Crippen LogP contribution in [0.1, 0.15) is 25.7 Å². The average molecular weight is 251 g/mol. The summed E-state index contributed by atoms with van der Waals surface area (Å²) in [5.41, 5.74) is 5.59. The van der Waals surface area contributed by atoms with Crippen molar-refractivity contribution >= 4 is 11.6 Å². The van der Waals surface area contributed by atoms with Gasteiger partial charge >= 0.3 is 0 Å². The van der Waals surface area contributed by atoms with Crippen molar-refractivity contribution in [3.63, 3.8) is 0 Å². The zero-order chi connectivity index (χ0) is 12.6. The van der Waals surface area contributed by atoms with Gasteiger partial charge in [-0.05, 0) is 37.8 Å². The maximum absolute atomic E-state index is 5.64. The van der Waals surface area contributed by atoms with Gasteiger partial charge in [0.05, 0.1) is 6.61 Å². The van der Waals surface area contributed by atoms with Gasteiger partial charge in [-0.15, -0.1) is 0 Å². The lowest BCUT2D eigenvalue weighted by molar-refractivity contribution is -0.162. The summed E-state index contributed by atoms with van der Waals surface area (Å²) in [6.07, 6.45) is 4.31. The molecule has 18 heavy (non-hydrogen) atoms. The molecule has 1 fully saturated rings. The molecule has 0 amide bonds. The SMILES string of the molecule is Nc1cccc(NCCCOC2CCCCO2)n1. The molecule has 1 unspecified atom stereocenters. The van der Waals surface area contributed by atoms with Gasteiger partial charge in [-0.25, -0.2) is 4.98 Å². The van der Waals surface area contributed by atoms with Crippen LogP contribution in [0, 0.1) is 0 Å². The molecule has 1 saturated heterocycles. The van der Waals surface area contributed by atoms with E-state index in [2.05, 4.69) is 10.3 Å². The number of pyridine rings is 1. The van der Waals surface area contributed by atoms with Gasteiger partial charge in [0.1, 0.15) is 11.6 Å². The molecule has 1 aliphatic heterocycles. The number of ether oxygens (including phenoxy) is 2. The van der Waals surface area contributed by atoms with Gasteiger partial charge in [-0.1, -0.05) is 6.07 Å². The molecule has 1 atom stereocenters. The van der Waals surface area contributed by atoms with Crippen molar-refractivity contribution in [1.29, 1.82) is 0 Å². The van der Waals surface area contributed by atoms with E-state index < -0.39 is 0 Å². The van der Waals surface area contributed by atoms with E-state index in [9.17, 15) is 0 Å². The van der Waals surface area contributed by atoms with Crippen molar-refractivity contribution in [2.75, 3.05) is 30.8 Å². The minimum atomic E-state index is 0.00393. The van der Waals surface area contributed by atoms with Crippen molar-refractivity contribution in [2.45, 2.75) is 32.0 Å². The van der Waals surface area contributed by atoms with Gasteiger partial charge in [-0.2, -0.15) is 0 Å². The van der Waals surface area contributed by atoms with Gasteiger partial charge in [0, 0.05) is 13.2 Å². The Morgan fingerprint density at radius 1 is 1.44 bits per heavy atom. The third kappa shape index (κ3) is 4.50. The second-order valence-electron chi connectivity index (χ2n) is 4.39. The van der Waals surface area contributed by atoms with Crippen LogP contribution >= 0.6 is 0 Å². The molecule has 2 heterocycles. The van der Waals surface area contributed by atoms with Crippen LogP contribution < -0.4 is 11.1 Å². The first-order valence-corrected chi connectivity index (χ1v) is 6.54.